The van der Waals surface area contributed by atoms with Crippen LogP contribution in [0.5, 0.6) is 0 Å². The van der Waals surface area contributed by atoms with E-state index in [0.717, 1.165) is 18.7 Å². The molecular weight excluding hydrogens is 252 g/mol. The smallest absolute Gasteiger partial charge is 0.412 e. The second-order valence-electron chi connectivity index (χ2n) is 6.01. The lowest BCUT2D eigenvalue weighted by molar-refractivity contribution is 0.0636. The lowest BCUT2D eigenvalue weighted by atomic mass is 10.2. The van der Waals surface area contributed by atoms with E-state index in [1.807, 2.05) is 45.0 Å². The first kappa shape index (κ1) is 16.5. The summed E-state index contributed by atoms with van der Waals surface area (Å²) in [5.41, 5.74) is 1.45. The largest absolute Gasteiger partial charge is 0.444 e. The molecule has 2 N–H and O–H groups in total. The molecule has 0 heterocycles. The van der Waals surface area contributed by atoms with Crippen LogP contribution in [-0.2, 0) is 11.3 Å². The van der Waals surface area contributed by atoms with Gasteiger partial charge in [-0.2, -0.15) is 0 Å². The molecule has 1 atom stereocenters. The van der Waals surface area contributed by atoms with Crippen LogP contribution < -0.4 is 10.6 Å². The highest BCUT2D eigenvalue weighted by molar-refractivity contribution is 5.84. The summed E-state index contributed by atoms with van der Waals surface area (Å²) in [6, 6.07) is 8.29. The minimum absolute atomic E-state index is 0.428. The van der Waals surface area contributed by atoms with Gasteiger partial charge in [-0.15, -0.1) is 0 Å². The normalized spacial score (nSPS) is 12.8. The molecule has 0 bridgehead atoms. The molecule has 4 nitrogen and oxygen atoms in total. The zero-order chi connectivity index (χ0) is 15.2. The molecule has 0 aliphatic heterocycles. The second-order valence-corrected chi connectivity index (χ2v) is 6.01. The van der Waals surface area contributed by atoms with Crippen molar-refractivity contribution in [2.24, 2.45) is 0 Å². The number of rotatable bonds is 5. The topological polar surface area (TPSA) is 50.4 Å². The van der Waals surface area contributed by atoms with Gasteiger partial charge in [-0.05, 0) is 51.8 Å². The van der Waals surface area contributed by atoms with Gasteiger partial charge in [0.1, 0.15) is 5.60 Å². The first-order valence-electron chi connectivity index (χ1n) is 7.12. The van der Waals surface area contributed by atoms with Crippen molar-refractivity contribution in [3.8, 4) is 0 Å². The Morgan fingerprint density at radius 2 is 1.85 bits per heavy atom. The van der Waals surface area contributed by atoms with Crippen molar-refractivity contribution in [2.75, 3.05) is 5.32 Å². The summed E-state index contributed by atoms with van der Waals surface area (Å²) in [4.78, 5) is 11.6. The van der Waals surface area contributed by atoms with E-state index in [-0.39, 0.29) is 0 Å². The molecule has 0 saturated carbocycles. The molecule has 0 aliphatic rings. The molecular formula is C16H26N2O2. The van der Waals surface area contributed by atoms with Crippen molar-refractivity contribution < 1.29 is 9.53 Å². The Kier molecular flexibility index (Phi) is 6.02. The van der Waals surface area contributed by atoms with E-state index in [2.05, 4.69) is 24.5 Å². The molecule has 1 rings (SSSR count). The molecule has 20 heavy (non-hydrogen) atoms. The second kappa shape index (κ2) is 7.29. The number of hydrogen-bond donors (Lipinski definition) is 2. The predicted molar refractivity (Wildman–Crippen MR) is 82.9 cm³/mol. The summed E-state index contributed by atoms with van der Waals surface area (Å²) in [5, 5.41) is 6.15. The van der Waals surface area contributed by atoms with E-state index in [9.17, 15) is 4.79 Å². The Bertz CT molecular complexity index is 421. The van der Waals surface area contributed by atoms with Gasteiger partial charge in [0.15, 0.2) is 0 Å². The molecule has 0 fully saturated rings. The van der Waals surface area contributed by atoms with Gasteiger partial charge in [0.2, 0.25) is 0 Å². The molecule has 0 aromatic heterocycles. The van der Waals surface area contributed by atoms with Gasteiger partial charge in [0.25, 0.3) is 0 Å². The average molecular weight is 278 g/mol. The highest BCUT2D eigenvalue weighted by Gasteiger charge is 2.15. The number of nitrogens with one attached hydrogen (secondary N) is 2. The SMILES string of the molecule is CCC(C)NCc1ccc(NC(=O)OC(C)(C)C)cc1. The predicted octanol–water partition coefficient (Wildman–Crippen LogP) is 3.92. The van der Waals surface area contributed by atoms with Crippen LogP contribution in [0.1, 0.15) is 46.6 Å². The van der Waals surface area contributed by atoms with Gasteiger partial charge in [-0.1, -0.05) is 19.1 Å². The molecule has 0 aliphatic carbocycles. The molecule has 1 amide bonds. The number of carbonyl (C=O) groups is 1. The van der Waals surface area contributed by atoms with Crippen LogP contribution in [0.4, 0.5) is 10.5 Å². The lowest BCUT2D eigenvalue weighted by Crippen LogP contribution is -2.27. The van der Waals surface area contributed by atoms with Crippen LogP contribution in [0.2, 0.25) is 0 Å². The van der Waals surface area contributed by atoms with Crippen LogP contribution >= 0.6 is 0 Å². The van der Waals surface area contributed by atoms with E-state index in [1.54, 1.807) is 0 Å². The molecule has 1 unspecified atom stereocenters. The maximum Gasteiger partial charge on any atom is 0.412 e. The Morgan fingerprint density at radius 3 is 2.35 bits per heavy atom. The van der Waals surface area contributed by atoms with Gasteiger partial charge < -0.3 is 10.1 Å². The van der Waals surface area contributed by atoms with Crippen LogP contribution in [0.25, 0.3) is 0 Å². The van der Waals surface area contributed by atoms with E-state index < -0.39 is 11.7 Å². The first-order valence-corrected chi connectivity index (χ1v) is 7.12. The number of ether oxygens (including phenoxy) is 1. The fraction of sp³-hybridized carbons (Fsp3) is 0.562. The van der Waals surface area contributed by atoms with Crippen LogP contribution in [0, 0.1) is 0 Å². The maximum absolute atomic E-state index is 11.6. The first-order chi connectivity index (χ1) is 9.30. The molecule has 4 heteroatoms. The minimum Gasteiger partial charge on any atom is -0.444 e. The van der Waals surface area contributed by atoms with Crippen molar-refractivity contribution in [1.82, 2.24) is 5.32 Å². The highest BCUT2D eigenvalue weighted by atomic mass is 16.6. The number of carbonyl (C=O) groups excluding carboxylic acids is 1. The van der Waals surface area contributed by atoms with E-state index in [4.69, 9.17) is 4.74 Å². The van der Waals surface area contributed by atoms with Gasteiger partial charge in [-0.3, -0.25) is 5.32 Å². The summed E-state index contributed by atoms with van der Waals surface area (Å²) < 4.78 is 5.20. The summed E-state index contributed by atoms with van der Waals surface area (Å²) in [7, 11) is 0. The standard InChI is InChI=1S/C16H26N2O2/c1-6-12(2)17-11-13-7-9-14(10-8-13)18-15(19)20-16(3,4)5/h7-10,12,17H,6,11H2,1-5H3,(H,18,19). The number of hydrogen-bond acceptors (Lipinski definition) is 3. The number of benzene rings is 1. The van der Waals surface area contributed by atoms with Gasteiger partial charge in [0.05, 0.1) is 0 Å². The van der Waals surface area contributed by atoms with Crippen molar-refractivity contribution in [2.45, 2.75) is 59.2 Å². The minimum atomic E-state index is -0.482. The maximum atomic E-state index is 11.6. The Balaban J connectivity index is 2.48. The highest BCUT2D eigenvalue weighted by Crippen LogP contribution is 2.13. The third-order valence-corrected chi connectivity index (χ3v) is 2.87. The lowest BCUT2D eigenvalue weighted by Gasteiger charge is -2.19. The molecule has 0 radical (unpaired) electrons. The van der Waals surface area contributed by atoms with E-state index in [1.165, 1.54) is 5.56 Å². The van der Waals surface area contributed by atoms with Crippen LogP contribution in [-0.4, -0.2) is 17.7 Å². The molecule has 1 aromatic carbocycles. The van der Waals surface area contributed by atoms with Crippen LogP contribution in [0.3, 0.4) is 0 Å². The van der Waals surface area contributed by atoms with Gasteiger partial charge in [-0.25, -0.2) is 4.79 Å². The summed E-state index contributed by atoms with van der Waals surface area (Å²) in [6.45, 7) is 10.7. The van der Waals surface area contributed by atoms with Crippen molar-refractivity contribution in [1.29, 1.82) is 0 Å². The van der Waals surface area contributed by atoms with Crippen LogP contribution in [0.15, 0.2) is 24.3 Å². The van der Waals surface area contributed by atoms with Crippen molar-refractivity contribution in [3.05, 3.63) is 29.8 Å². The third kappa shape index (κ3) is 6.57. The Hall–Kier alpha value is -1.55. The molecule has 1 aromatic rings. The van der Waals surface area contributed by atoms with E-state index in [0.29, 0.717) is 6.04 Å². The zero-order valence-corrected chi connectivity index (χ0v) is 13.1. The summed E-state index contributed by atoms with van der Waals surface area (Å²) in [6.07, 6.45) is 0.682. The fourth-order valence-corrected chi connectivity index (χ4v) is 1.56. The molecule has 0 spiro atoms. The fourth-order valence-electron chi connectivity index (χ4n) is 1.56. The number of amides is 1. The summed E-state index contributed by atoms with van der Waals surface area (Å²) in [5.74, 6) is 0. The average Bonchev–Trinajstić information content (AvgIpc) is 2.35. The Morgan fingerprint density at radius 1 is 1.25 bits per heavy atom. The third-order valence-electron chi connectivity index (χ3n) is 2.87. The monoisotopic (exact) mass is 278 g/mol. The molecule has 0 saturated heterocycles. The number of anilines is 1. The van der Waals surface area contributed by atoms with Crippen molar-refractivity contribution >= 4 is 11.8 Å². The van der Waals surface area contributed by atoms with Gasteiger partial charge >= 0.3 is 6.09 Å². The summed E-state index contributed by atoms with van der Waals surface area (Å²) >= 11 is 0. The Labute approximate surface area is 121 Å². The molecule has 112 valence electrons. The quantitative estimate of drug-likeness (QED) is 0.858. The van der Waals surface area contributed by atoms with E-state index >= 15 is 0 Å². The zero-order valence-electron chi connectivity index (χ0n) is 13.1. The van der Waals surface area contributed by atoms with Gasteiger partial charge in [0, 0.05) is 18.3 Å². The van der Waals surface area contributed by atoms with Crippen molar-refractivity contribution in [3.63, 3.8) is 0 Å².